The van der Waals surface area contributed by atoms with Crippen molar-refractivity contribution >= 4 is 11.6 Å². The van der Waals surface area contributed by atoms with Gasteiger partial charge in [0.05, 0.1) is 6.04 Å². The van der Waals surface area contributed by atoms with Crippen LogP contribution in [0.3, 0.4) is 0 Å². The van der Waals surface area contributed by atoms with Gasteiger partial charge in [-0.05, 0) is 37.2 Å². The summed E-state index contributed by atoms with van der Waals surface area (Å²) in [5, 5.41) is 3.41. The SMILES string of the molecule is CNC(c1ccc(C)c(Cl)c1)c1cc(F)c(F)cc1F. The van der Waals surface area contributed by atoms with Crippen LogP contribution in [0, 0.1) is 24.4 Å². The van der Waals surface area contributed by atoms with Crippen molar-refractivity contribution in [3.8, 4) is 0 Å². The van der Waals surface area contributed by atoms with E-state index < -0.39 is 23.5 Å². The monoisotopic (exact) mass is 299 g/mol. The molecule has 0 aromatic heterocycles. The highest BCUT2D eigenvalue weighted by Crippen LogP contribution is 2.28. The molecule has 0 fully saturated rings. The average molecular weight is 300 g/mol. The van der Waals surface area contributed by atoms with Crippen LogP contribution in [-0.4, -0.2) is 7.05 Å². The molecule has 1 N–H and O–H groups in total. The summed E-state index contributed by atoms with van der Waals surface area (Å²) in [6, 6.07) is 6.04. The molecular weight excluding hydrogens is 287 g/mol. The molecule has 0 spiro atoms. The molecule has 0 radical (unpaired) electrons. The molecule has 0 amide bonds. The molecule has 2 aromatic rings. The average Bonchev–Trinajstić information content (AvgIpc) is 2.40. The summed E-state index contributed by atoms with van der Waals surface area (Å²) in [7, 11) is 1.61. The van der Waals surface area contributed by atoms with Crippen LogP contribution in [0.4, 0.5) is 13.2 Å². The van der Waals surface area contributed by atoms with Gasteiger partial charge in [0, 0.05) is 16.7 Å². The van der Waals surface area contributed by atoms with Crippen LogP contribution in [0.5, 0.6) is 0 Å². The summed E-state index contributed by atoms with van der Waals surface area (Å²) in [5.41, 5.74) is 1.59. The van der Waals surface area contributed by atoms with Crippen LogP contribution in [0.25, 0.3) is 0 Å². The second kappa shape index (κ2) is 5.85. The number of aryl methyl sites for hydroxylation is 1. The van der Waals surface area contributed by atoms with Crippen molar-refractivity contribution in [2.75, 3.05) is 7.05 Å². The van der Waals surface area contributed by atoms with Gasteiger partial charge < -0.3 is 5.32 Å². The Morgan fingerprint density at radius 2 is 1.65 bits per heavy atom. The van der Waals surface area contributed by atoms with Gasteiger partial charge in [0.1, 0.15) is 5.82 Å². The summed E-state index contributed by atoms with van der Waals surface area (Å²) >= 11 is 6.04. The first-order chi connectivity index (χ1) is 9.43. The molecule has 5 heteroatoms. The number of rotatable bonds is 3. The van der Waals surface area contributed by atoms with Crippen molar-refractivity contribution in [3.63, 3.8) is 0 Å². The first-order valence-corrected chi connectivity index (χ1v) is 6.39. The van der Waals surface area contributed by atoms with Gasteiger partial charge in [-0.3, -0.25) is 0 Å². The molecule has 1 unspecified atom stereocenters. The third kappa shape index (κ3) is 2.81. The summed E-state index contributed by atoms with van der Waals surface area (Å²) in [6.45, 7) is 1.85. The van der Waals surface area contributed by atoms with Crippen LogP contribution in [0.2, 0.25) is 5.02 Å². The van der Waals surface area contributed by atoms with Gasteiger partial charge in [-0.1, -0.05) is 23.7 Å². The number of nitrogens with one attached hydrogen (secondary N) is 1. The minimum absolute atomic E-state index is 0.0336. The van der Waals surface area contributed by atoms with Crippen LogP contribution >= 0.6 is 11.6 Å². The lowest BCUT2D eigenvalue weighted by atomic mass is 9.97. The number of hydrogen-bond acceptors (Lipinski definition) is 1. The summed E-state index contributed by atoms with van der Waals surface area (Å²) in [6.07, 6.45) is 0. The largest absolute Gasteiger partial charge is 0.309 e. The predicted molar refractivity (Wildman–Crippen MR) is 73.4 cm³/mol. The quantitative estimate of drug-likeness (QED) is 0.830. The Morgan fingerprint density at radius 3 is 2.25 bits per heavy atom. The fourth-order valence-electron chi connectivity index (χ4n) is 2.05. The van der Waals surface area contributed by atoms with E-state index in [0.717, 1.165) is 11.6 Å². The zero-order chi connectivity index (χ0) is 14.9. The van der Waals surface area contributed by atoms with Crippen molar-refractivity contribution in [2.45, 2.75) is 13.0 Å². The van der Waals surface area contributed by atoms with Crippen molar-refractivity contribution in [3.05, 3.63) is 69.5 Å². The maximum atomic E-state index is 13.9. The predicted octanol–water partition coefficient (Wildman–Crippen LogP) is 4.37. The molecule has 106 valence electrons. The van der Waals surface area contributed by atoms with E-state index in [-0.39, 0.29) is 5.56 Å². The van der Waals surface area contributed by atoms with Gasteiger partial charge in [0.25, 0.3) is 0 Å². The molecule has 0 aliphatic rings. The van der Waals surface area contributed by atoms with Crippen LogP contribution < -0.4 is 5.32 Å². The highest BCUT2D eigenvalue weighted by molar-refractivity contribution is 6.31. The van der Waals surface area contributed by atoms with Crippen LogP contribution in [0.15, 0.2) is 30.3 Å². The normalized spacial score (nSPS) is 12.5. The van der Waals surface area contributed by atoms with E-state index in [1.54, 1.807) is 25.2 Å². The highest BCUT2D eigenvalue weighted by atomic mass is 35.5. The summed E-state index contributed by atoms with van der Waals surface area (Å²) < 4.78 is 40.2. The van der Waals surface area contributed by atoms with E-state index >= 15 is 0 Å². The Morgan fingerprint density at radius 1 is 1.00 bits per heavy atom. The Bertz CT molecular complexity index is 643. The maximum Gasteiger partial charge on any atom is 0.161 e. The van der Waals surface area contributed by atoms with Gasteiger partial charge in [-0.2, -0.15) is 0 Å². The molecule has 1 atom stereocenters. The van der Waals surface area contributed by atoms with E-state index in [0.29, 0.717) is 16.7 Å². The van der Waals surface area contributed by atoms with Crippen LogP contribution in [0.1, 0.15) is 22.7 Å². The summed E-state index contributed by atoms with van der Waals surface area (Å²) in [4.78, 5) is 0. The van der Waals surface area contributed by atoms with E-state index in [1.807, 2.05) is 6.92 Å². The molecule has 0 bridgehead atoms. The Kier molecular flexibility index (Phi) is 4.35. The van der Waals surface area contributed by atoms with Gasteiger partial charge in [0.2, 0.25) is 0 Å². The molecule has 2 aromatic carbocycles. The first-order valence-electron chi connectivity index (χ1n) is 6.01. The number of benzene rings is 2. The molecule has 0 aliphatic carbocycles. The molecule has 2 rings (SSSR count). The molecular formula is C15H13ClF3N. The molecule has 20 heavy (non-hydrogen) atoms. The van der Waals surface area contributed by atoms with Gasteiger partial charge in [-0.15, -0.1) is 0 Å². The topological polar surface area (TPSA) is 12.0 Å². The first kappa shape index (κ1) is 14.9. The standard InChI is InChI=1S/C15H13ClF3N/c1-8-3-4-9(5-11(8)16)15(20-2)10-6-13(18)14(19)7-12(10)17/h3-7,15,20H,1-2H3. The zero-order valence-corrected chi connectivity index (χ0v) is 11.7. The fourth-order valence-corrected chi connectivity index (χ4v) is 2.24. The smallest absolute Gasteiger partial charge is 0.161 e. The maximum absolute atomic E-state index is 13.9. The fraction of sp³-hybridized carbons (Fsp3) is 0.200. The Hall–Kier alpha value is -1.52. The summed E-state index contributed by atoms with van der Waals surface area (Å²) in [5.74, 6) is -3.09. The second-order valence-electron chi connectivity index (χ2n) is 4.52. The third-order valence-corrected chi connectivity index (χ3v) is 3.58. The molecule has 0 saturated heterocycles. The van der Waals surface area contributed by atoms with Gasteiger partial charge >= 0.3 is 0 Å². The lowest BCUT2D eigenvalue weighted by molar-refractivity contribution is 0.483. The Labute approximate surface area is 120 Å². The van der Waals surface area contributed by atoms with E-state index in [1.165, 1.54) is 0 Å². The van der Waals surface area contributed by atoms with E-state index in [2.05, 4.69) is 5.32 Å². The van der Waals surface area contributed by atoms with Gasteiger partial charge in [-0.25, -0.2) is 13.2 Å². The van der Waals surface area contributed by atoms with Crippen molar-refractivity contribution in [1.82, 2.24) is 5.32 Å². The minimum Gasteiger partial charge on any atom is -0.309 e. The zero-order valence-electron chi connectivity index (χ0n) is 11.0. The number of halogens is 4. The van der Waals surface area contributed by atoms with E-state index in [9.17, 15) is 13.2 Å². The number of hydrogen-bond donors (Lipinski definition) is 1. The van der Waals surface area contributed by atoms with E-state index in [4.69, 9.17) is 11.6 Å². The van der Waals surface area contributed by atoms with Crippen molar-refractivity contribution in [2.24, 2.45) is 0 Å². The second-order valence-corrected chi connectivity index (χ2v) is 4.93. The molecule has 1 nitrogen and oxygen atoms in total. The highest BCUT2D eigenvalue weighted by Gasteiger charge is 2.19. The minimum atomic E-state index is -1.21. The van der Waals surface area contributed by atoms with Crippen molar-refractivity contribution < 1.29 is 13.2 Å². The lowest BCUT2D eigenvalue weighted by Gasteiger charge is -2.19. The van der Waals surface area contributed by atoms with Crippen LogP contribution in [-0.2, 0) is 0 Å². The third-order valence-electron chi connectivity index (χ3n) is 3.17. The van der Waals surface area contributed by atoms with Gasteiger partial charge in [0.15, 0.2) is 11.6 Å². The Balaban J connectivity index is 2.52. The molecule has 0 heterocycles. The molecule has 0 aliphatic heterocycles. The molecule has 0 saturated carbocycles. The lowest BCUT2D eigenvalue weighted by Crippen LogP contribution is -2.19. The van der Waals surface area contributed by atoms with Crippen molar-refractivity contribution in [1.29, 1.82) is 0 Å².